The zero-order valence-electron chi connectivity index (χ0n) is 11.3. The number of nitrogens with zero attached hydrogens (tertiary/aromatic N) is 1. The Hall–Kier alpha value is -1.53. The highest BCUT2D eigenvalue weighted by Crippen LogP contribution is 2.32. The van der Waals surface area contributed by atoms with Crippen LogP contribution >= 0.6 is 34.2 Å². The minimum absolute atomic E-state index is 0.729. The third kappa shape index (κ3) is 2.91. The Labute approximate surface area is 141 Å². The number of pyridine rings is 1. The van der Waals surface area contributed by atoms with E-state index in [1.165, 1.54) is 0 Å². The van der Waals surface area contributed by atoms with Crippen LogP contribution in [-0.2, 0) is 0 Å². The second-order valence-corrected chi connectivity index (χ2v) is 6.42. The van der Waals surface area contributed by atoms with Gasteiger partial charge in [-0.2, -0.15) is 0 Å². The number of benzene rings is 2. The van der Waals surface area contributed by atoms with Crippen molar-refractivity contribution in [1.82, 2.24) is 4.98 Å². The van der Waals surface area contributed by atoms with Crippen LogP contribution in [0.25, 0.3) is 10.8 Å². The summed E-state index contributed by atoms with van der Waals surface area (Å²) in [5, 5.41) is 6.19. The molecule has 3 nitrogen and oxygen atoms in total. The summed E-state index contributed by atoms with van der Waals surface area (Å²) in [5.41, 5.74) is 9.74. The SMILES string of the molecule is Cc1cc2c(Nc3ccc(Cl)cc3I)ccc(N)c2cn1. The Morgan fingerprint density at radius 1 is 1.10 bits per heavy atom. The van der Waals surface area contributed by atoms with Crippen LogP contribution in [0, 0.1) is 10.5 Å². The summed E-state index contributed by atoms with van der Waals surface area (Å²) in [7, 11) is 0. The first-order valence-electron chi connectivity index (χ1n) is 6.41. The molecule has 21 heavy (non-hydrogen) atoms. The van der Waals surface area contributed by atoms with Gasteiger partial charge in [-0.25, -0.2) is 0 Å². The van der Waals surface area contributed by atoms with E-state index in [0.29, 0.717) is 0 Å². The maximum absolute atomic E-state index is 6.03. The fraction of sp³-hybridized carbons (Fsp3) is 0.0625. The molecule has 0 saturated heterocycles. The molecule has 3 aromatic rings. The van der Waals surface area contributed by atoms with Gasteiger partial charge in [0, 0.05) is 42.6 Å². The minimum atomic E-state index is 0.729. The summed E-state index contributed by atoms with van der Waals surface area (Å²) in [6, 6.07) is 11.7. The van der Waals surface area contributed by atoms with Crippen LogP contribution in [0.15, 0.2) is 42.6 Å². The van der Waals surface area contributed by atoms with E-state index in [9.17, 15) is 0 Å². The van der Waals surface area contributed by atoms with Crippen molar-refractivity contribution in [2.45, 2.75) is 6.92 Å². The molecule has 1 heterocycles. The molecular formula is C16H13ClIN3. The van der Waals surface area contributed by atoms with Gasteiger partial charge in [0.25, 0.3) is 0 Å². The number of fused-ring (bicyclic) bond motifs is 1. The van der Waals surface area contributed by atoms with E-state index in [1.54, 1.807) is 0 Å². The Balaban J connectivity index is 2.12. The second kappa shape index (κ2) is 5.69. The largest absolute Gasteiger partial charge is 0.398 e. The Morgan fingerprint density at radius 3 is 2.62 bits per heavy atom. The van der Waals surface area contributed by atoms with Crippen LogP contribution < -0.4 is 11.1 Å². The summed E-state index contributed by atoms with van der Waals surface area (Å²) < 4.78 is 1.07. The molecule has 0 atom stereocenters. The van der Waals surface area contributed by atoms with Crippen molar-refractivity contribution in [3.05, 3.63) is 56.9 Å². The van der Waals surface area contributed by atoms with Crippen LogP contribution in [0.5, 0.6) is 0 Å². The third-order valence-corrected chi connectivity index (χ3v) is 4.40. The maximum Gasteiger partial charge on any atom is 0.0521 e. The molecule has 0 saturated carbocycles. The first-order chi connectivity index (χ1) is 10.0. The van der Waals surface area contributed by atoms with E-state index in [2.05, 4.69) is 32.9 Å². The summed E-state index contributed by atoms with van der Waals surface area (Å²) in [4.78, 5) is 4.32. The van der Waals surface area contributed by atoms with Crippen molar-refractivity contribution in [3.63, 3.8) is 0 Å². The standard InChI is InChI=1S/C16H13ClIN3/c1-9-6-11-12(8-20-9)14(19)3-5-15(11)21-16-4-2-10(17)7-13(16)18/h2-8,21H,19H2,1H3. The molecule has 3 N–H and O–H groups in total. The number of anilines is 3. The highest BCUT2D eigenvalue weighted by atomic mass is 127. The predicted molar refractivity (Wildman–Crippen MR) is 98.3 cm³/mol. The predicted octanol–water partition coefficient (Wildman–Crippen LogP) is 5.13. The Morgan fingerprint density at radius 2 is 1.86 bits per heavy atom. The van der Waals surface area contributed by atoms with Crippen molar-refractivity contribution in [2.24, 2.45) is 0 Å². The van der Waals surface area contributed by atoms with Crippen molar-refractivity contribution in [3.8, 4) is 0 Å². The zero-order valence-corrected chi connectivity index (χ0v) is 14.2. The number of nitrogen functional groups attached to an aromatic ring is 1. The highest BCUT2D eigenvalue weighted by molar-refractivity contribution is 14.1. The van der Waals surface area contributed by atoms with Crippen molar-refractivity contribution in [2.75, 3.05) is 11.1 Å². The molecule has 0 radical (unpaired) electrons. The summed E-state index contributed by atoms with van der Waals surface area (Å²) in [5.74, 6) is 0. The number of hydrogen-bond donors (Lipinski definition) is 2. The van der Waals surface area contributed by atoms with E-state index in [0.717, 1.165) is 42.1 Å². The van der Waals surface area contributed by atoms with Gasteiger partial charge >= 0.3 is 0 Å². The number of halogens is 2. The lowest BCUT2D eigenvalue weighted by molar-refractivity contribution is 1.22. The Kier molecular flexibility index (Phi) is 3.91. The van der Waals surface area contributed by atoms with E-state index < -0.39 is 0 Å². The van der Waals surface area contributed by atoms with Gasteiger partial charge in [0.05, 0.1) is 5.69 Å². The second-order valence-electron chi connectivity index (χ2n) is 4.82. The molecule has 0 unspecified atom stereocenters. The average molecular weight is 410 g/mol. The first kappa shape index (κ1) is 14.4. The molecule has 2 aromatic carbocycles. The summed E-state index contributed by atoms with van der Waals surface area (Å²) in [6.45, 7) is 1.97. The third-order valence-electron chi connectivity index (χ3n) is 3.27. The van der Waals surface area contributed by atoms with Crippen molar-refractivity contribution in [1.29, 1.82) is 0 Å². The van der Waals surface area contributed by atoms with Crippen LogP contribution in [0.1, 0.15) is 5.69 Å². The summed E-state index contributed by atoms with van der Waals surface area (Å²) in [6.07, 6.45) is 1.82. The van der Waals surface area contributed by atoms with Gasteiger partial charge < -0.3 is 11.1 Å². The molecule has 0 amide bonds. The van der Waals surface area contributed by atoms with Gasteiger partial charge in [-0.1, -0.05) is 11.6 Å². The average Bonchev–Trinajstić information content (AvgIpc) is 2.44. The molecule has 5 heteroatoms. The topological polar surface area (TPSA) is 50.9 Å². The Bertz CT molecular complexity index is 833. The van der Waals surface area contributed by atoms with Gasteiger partial charge in [0.15, 0.2) is 0 Å². The number of nitrogens with one attached hydrogen (secondary N) is 1. The molecule has 0 aliphatic carbocycles. The molecule has 106 valence electrons. The van der Waals surface area contributed by atoms with Crippen LogP contribution in [0.4, 0.5) is 17.1 Å². The van der Waals surface area contributed by atoms with Crippen LogP contribution in [0.3, 0.4) is 0 Å². The van der Waals surface area contributed by atoms with E-state index in [4.69, 9.17) is 17.3 Å². The lowest BCUT2D eigenvalue weighted by Gasteiger charge is -2.13. The monoisotopic (exact) mass is 409 g/mol. The lowest BCUT2D eigenvalue weighted by Crippen LogP contribution is -1.97. The number of hydrogen-bond acceptors (Lipinski definition) is 3. The lowest BCUT2D eigenvalue weighted by atomic mass is 10.1. The van der Waals surface area contributed by atoms with E-state index >= 15 is 0 Å². The quantitative estimate of drug-likeness (QED) is 0.456. The van der Waals surface area contributed by atoms with Crippen LogP contribution in [0.2, 0.25) is 5.02 Å². The molecule has 3 rings (SSSR count). The van der Waals surface area contributed by atoms with Gasteiger partial charge in [0.2, 0.25) is 0 Å². The van der Waals surface area contributed by atoms with Gasteiger partial charge in [-0.15, -0.1) is 0 Å². The normalized spacial score (nSPS) is 10.8. The van der Waals surface area contributed by atoms with E-state index in [-0.39, 0.29) is 0 Å². The molecule has 0 bridgehead atoms. The van der Waals surface area contributed by atoms with E-state index in [1.807, 2.05) is 49.5 Å². The van der Waals surface area contributed by atoms with Gasteiger partial charge in [0.1, 0.15) is 0 Å². The first-order valence-corrected chi connectivity index (χ1v) is 7.87. The molecule has 0 aliphatic heterocycles. The molecule has 1 aromatic heterocycles. The van der Waals surface area contributed by atoms with Gasteiger partial charge in [-0.3, -0.25) is 4.98 Å². The molecule has 0 spiro atoms. The number of aryl methyl sites for hydroxylation is 1. The van der Waals surface area contributed by atoms with Crippen molar-refractivity contribution >= 4 is 62.0 Å². The molecule has 0 fully saturated rings. The minimum Gasteiger partial charge on any atom is -0.398 e. The molecular weight excluding hydrogens is 397 g/mol. The zero-order chi connectivity index (χ0) is 15.0. The highest BCUT2D eigenvalue weighted by Gasteiger charge is 2.07. The van der Waals surface area contributed by atoms with Crippen molar-refractivity contribution < 1.29 is 0 Å². The van der Waals surface area contributed by atoms with Gasteiger partial charge in [-0.05, 0) is 65.9 Å². The fourth-order valence-electron chi connectivity index (χ4n) is 2.21. The fourth-order valence-corrected chi connectivity index (χ4v) is 3.22. The van der Waals surface area contributed by atoms with Crippen LogP contribution in [-0.4, -0.2) is 4.98 Å². The smallest absolute Gasteiger partial charge is 0.0521 e. The molecule has 0 aliphatic rings. The number of rotatable bonds is 2. The number of aromatic nitrogens is 1. The number of nitrogens with two attached hydrogens (primary N) is 1. The maximum atomic E-state index is 6.03. The summed E-state index contributed by atoms with van der Waals surface area (Å²) >= 11 is 8.27.